The second-order valence-corrected chi connectivity index (χ2v) is 7.22. The topological polar surface area (TPSA) is 102 Å². The fraction of sp³-hybridized carbons (Fsp3) is 0.214. The van der Waals surface area contributed by atoms with Gasteiger partial charge in [0.15, 0.2) is 5.82 Å². The molecule has 0 unspecified atom stereocenters. The van der Waals surface area contributed by atoms with Gasteiger partial charge in [-0.15, -0.1) is 22.7 Å². The lowest BCUT2D eigenvalue weighted by molar-refractivity contribution is -0.115. The van der Waals surface area contributed by atoms with Crippen molar-refractivity contribution >= 4 is 60.4 Å². The lowest BCUT2D eigenvalue weighted by atomic mass is 10.5. The molecule has 0 aliphatic rings. The van der Waals surface area contributed by atoms with E-state index in [2.05, 4.69) is 41.5 Å². The first kappa shape index (κ1) is 19.2. The summed E-state index contributed by atoms with van der Waals surface area (Å²) in [5, 5.41) is 6.85. The van der Waals surface area contributed by atoms with Crippen LogP contribution in [0.5, 0.6) is 0 Å². The molecule has 2 N–H and O–H groups in total. The van der Waals surface area contributed by atoms with Gasteiger partial charge >= 0.3 is 0 Å². The number of imidazole rings is 1. The van der Waals surface area contributed by atoms with Crippen molar-refractivity contribution in [3.8, 4) is 5.82 Å². The zero-order valence-corrected chi connectivity index (χ0v) is 16.8. The Morgan fingerprint density at radius 2 is 1.64 bits per heavy atom. The van der Waals surface area contributed by atoms with Gasteiger partial charge in [0, 0.05) is 20.0 Å². The largest absolute Gasteiger partial charge is 0.316 e. The molecule has 0 aliphatic carbocycles. The molecule has 0 fully saturated rings. The maximum atomic E-state index is 10.9. The van der Waals surface area contributed by atoms with E-state index in [-0.39, 0.29) is 11.8 Å². The first-order valence-corrected chi connectivity index (χ1v) is 9.50. The number of carbonyl (C=O) groups is 2. The number of amides is 2. The Labute approximate surface area is 160 Å². The van der Waals surface area contributed by atoms with Crippen molar-refractivity contribution in [1.29, 1.82) is 0 Å². The van der Waals surface area contributed by atoms with Gasteiger partial charge in [0.1, 0.15) is 20.9 Å². The van der Waals surface area contributed by atoms with Gasteiger partial charge in [-0.1, -0.05) is 0 Å². The van der Waals surface area contributed by atoms with Crippen LogP contribution < -0.4 is 10.6 Å². The van der Waals surface area contributed by atoms with Gasteiger partial charge in [-0.3, -0.25) is 14.2 Å². The highest BCUT2D eigenvalue weighted by atomic mass is 79.9. The van der Waals surface area contributed by atoms with E-state index in [1.165, 1.54) is 36.5 Å². The van der Waals surface area contributed by atoms with Gasteiger partial charge in [0.25, 0.3) is 0 Å². The number of thiazole rings is 2. The molecule has 0 aliphatic heterocycles. The third-order valence-corrected chi connectivity index (χ3v) is 4.94. The van der Waals surface area contributed by atoms with Gasteiger partial charge in [0.2, 0.25) is 11.8 Å². The molecule has 3 aromatic rings. The molecule has 8 nitrogen and oxygen atoms in total. The normalized spacial score (nSPS) is 9.92. The molecule has 0 aromatic carbocycles. The molecule has 11 heteroatoms. The second-order valence-electron chi connectivity index (χ2n) is 4.76. The minimum Gasteiger partial charge on any atom is -0.316 e. The number of aryl methyl sites for hydroxylation is 1. The summed E-state index contributed by atoms with van der Waals surface area (Å²) in [7, 11) is 0. The number of anilines is 2. The van der Waals surface area contributed by atoms with E-state index in [4.69, 9.17) is 0 Å². The van der Waals surface area contributed by atoms with E-state index >= 15 is 0 Å². The predicted octanol–water partition coefficient (Wildman–Crippen LogP) is 3.46. The Morgan fingerprint density at radius 1 is 1.04 bits per heavy atom. The first-order valence-electron chi connectivity index (χ1n) is 6.95. The van der Waals surface area contributed by atoms with Crippen LogP contribution in [0.2, 0.25) is 0 Å². The summed E-state index contributed by atoms with van der Waals surface area (Å²) < 4.78 is 2.48. The number of aromatic nitrogens is 4. The Balaban J connectivity index is 0.000000196. The zero-order valence-electron chi connectivity index (χ0n) is 13.6. The second kappa shape index (κ2) is 8.83. The van der Waals surface area contributed by atoms with Crippen LogP contribution >= 0.6 is 38.6 Å². The Morgan fingerprint density at radius 3 is 2.16 bits per heavy atom. The summed E-state index contributed by atoms with van der Waals surface area (Å²) in [6.45, 7) is 4.84. The molecule has 3 heterocycles. The van der Waals surface area contributed by atoms with Crippen molar-refractivity contribution in [3.05, 3.63) is 33.8 Å². The number of hydrogen-bond donors (Lipinski definition) is 2. The van der Waals surface area contributed by atoms with Crippen LogP contribution in [0, 0.1) is 6.92 Å². The van der Waals surface area contributed by atoms with E-state index in [1.54, 1.807) is 21.9 Å². The quantitative estimate of drug-likeness (QED) is 0.646. The predicted molar refractivity (Wildman–Crippen MR) is 102 cm³/mol. The van der Waals surface area contributed by atoms with E-state index in [1.807, 2.05) is 13.1 Å². The Hall–Kier alpha value is -2.11. The molecular formula is C14H15BrN6O2S2. The van der Waals surface area contributed by atoms with Gasteiger partial charge in [-0.2, -0.15) is 0 Å². The smallest absolute Gasteiger partial charge is 0.221 e. The average molecular weight is 443 g/mol. The Kier molecular flexibility index (Phi) is 6.79. The maximum Gasteiger partial charge on any atom is 0.221 e. The summed E-state index contributed by atoms with van der Waals surface area (Å²) in [5.41, 5.74) is 4.27. The van der Waals surface area contributed by atoms with Crippen LogP contribution in [-0.4, -0.2) is 31.3 Å². The monoisotopic (exact) mass is 442 g/mol. The van der Waals surface area contributed by atoms with Crippen LogP contribution in [0.1, 0.15) is 19.5 Å². The summed E-state index contributed by atoms with van der Waals surface area (Å²) in [6.07, 6.45) is 3.54. The van der Waals surface area contributed by atoms with E-state index < -0.39 is 0 Å². The number of nitrogens with zero attached hydrogens (tertiary/aromatic N) is 4. The van der Waals surface area contributed by atoms with Gasteiger partial charge in [-0.05, 0) is 22.9 Å². The molecule has 132 valence electrons. The number of hydrogen-bond acceptors (Lipinski definition) is 7. The van der Waals surface area contributed by atoms with Crippen molar-refractivity contribution in [2.45, 2.75) is 20.8 Å². The van der Waals surface area contributed by atoms with Gasteiger partial charge in [-0.25, -0.2) is 15.0 Å². The highest BCUT2D eigenvalue weighted by molar-refractivity contribution is 9.10. The summed E-state index contributed by atoms with van der Waals surface area (Å²) in [4.78, 5) is 33.6. The van der Waals surface area contributed by atoms with Gasteiger partial charge in [0.05, 0.1) is 16.7 Å². The standard InChI is InChI=1S/C9H10N4OS.C5H5BrN2OS/c1-6-3-13(4-10-6)8-9(12-7(2)14)15-5-11-8;1-3(9)8-5-4(6)7-2-10-5/h3-5H,1-2H3,(H,12,14);2H,1H3,(H,8,9). The molecule has 0 saturated heterocycles. The molecule has 0 saturated carbocycles. The lowest BCUT2D eigenvalue weighted by Crippen LogP contribution is -2.07. The van der Waals surface area contributed by atoms with Crippen LogP contribution in [0.3, 0.4) is 0 Å². The molecule has 0 atom stereocenters. The van der Waals surface area contributed by atoms with Crippen molar-refractivity contribution in [3.63, 3.8) is 0 Å². The fourth-order valence-corrected chi connectivity index (χ4v) is 3.64. The molecule has 2 amide bonds. The third kappa shape index (κ3) is 5.73. The van der Waals surface area contributed by atoms with E-state index in [0.717, 1.165) is 15.7 Å². The highest BCUT2D eigenvalue weighted by Crippen LogP contribution is 2.25. The molecule has 25 heavy (non-hydrogen) atoms. The highest BCUT2D eigenvalue weighted by Gasteiger charge is 2.09. The molecule has 0 bridgehead atoms. The zero-order chi connectivity index (χ0) is 18.4. The summed E-state index contributed by atoms with van der Waals surface area (Å²) >= 11 is 5.96. The first-order chi connectivity index (χ1) is 11.9. The van der Waals surface area contributed by atoms with E-state index in [9.17, 15) is 9.59 Å². The SMILES string of the molecule is CC(=O)Nc1scnc1-n1cnc(C)c1.CC(=O)Nc1scnc1Br. The molecule has 3 aromatic heterocycles. The van der Waals surface area contributed by atoms with Crippen LogP contribution in [0.4, 0.5) is 10.0 Å². The number of nitrogens with one attached hydrogen (secondary N) is 2. The van der Waals surface area contributed by atoms with Crippen LogP contribution in [0.15, 0.2) is 28.1 Å². The minimum absolute atomic E-state index is 0.0787. The maximum absolute atomic E-state index is 10.9. The minimum atomic E-state index is -0.0997. The molecule has 0 radical (unpaired) electrons. The van der Waals surface area contributed by atoms with Gasteiger partial charge < -0.3 is 10.6 Å². The molecular weight excluding hydrogens is 428 g/mol. The van der Waals surface area contributed by atoms with Crippen molar-refractivity contribution < 1.29 is 9.59 Å². The fourth-order valence-electron chi connectivity index (χ4n) is 1.68. The summed E-state index contributed by atoms with van der Waals surface area (Å²) in [6, 6.07) is 0. The number of halogens is 1. The van der Waals surface area contributed by atoms with Crippen molar-refractivity contribution in [2.75, 3.05) is 10.6 Å². The van der Waals surface area contributed by atoms with Crippen LogP contribution in [0.25, 0.3) is 5.82 Å². The Bertz CT molecular complexity index is 872. The summed E-state index contributed by atoms with van der Waals surface area (Å²) in [5.74, 6) is 0.526. The number of rotatable bonds is 3. The van der Waals surface area contributed by atoms with E-state index in [0.29, 0.717) is 10.4 Å². The molecule has 0 spiro atoms. The number of carbonyl (C=O) groups excluding carboxylic acids is 2. The third-order valence-electron chi connectivity index (χ3n) is 2.61. The molecule has 3 rings (SSSR count). The van der Waals surface area contributed by atoms with Crippen molar-refractivity contribution in [1.82, 2.24) is 19.5 Å². The lowest BCUT2D eigenvalue weighted by Gasteiger charge is -2.02. The van der Waals surface area contributed by atoms with Crippen molar-refractivity contribution in [2.24, 2.45) is 0 Å². The average Bonchev–Trinajstić information content (AvgIpc) is 3.22. The van der Waals surface area contributed by atoms with Crippen LogP contribution in [-0.2, 0) is 9.59 Å².